The molecule has 4 rings (SSSR count). The molecule has 0 aliphatic heterocycles. The standard InChI is InChI=1S/C39H37BF2N2O6/c1-7-28-30(9-3)36(43-32(28)21-15-24-11-17-26(18-12-24)38(46)48-5)34(45)23-35(50-40(41)42)37-31(10-4)29(8-2)33(44-37)22-16-25-13-19-27(20-14-25)39(47)49-6/h11-14,17-20,23,43-44H,7-10H2,1-6H3/b35-23-. The molecule has 4 aromatic rings. The number of hydrogen-bond donors (Lipinski definition) is 2. The molecular formula is C39H37BF2N2O6. The number of aromatic nitrogens is 2. The van der Waals surface area contributed by atoms with Crippen molar-refractivity contribution in [1.82, 2.24) is 9.97 Å². The Hall–Kier alpha value is -5.81. The van der Waals surface area contributed by atoms with Gasteiger partial charge in [0.15, 0.2) is 0 Å². The molecule has 2 N–H and O–H groups in total. The van der Waals surface area contributed by atoms with Gasteiger partial charge in [-0.05, 0) is 108 Å². The van der Waals surface area contributed by atoms with Crippen molar-refractivity contribution in [2.45, 2.75) is 53.4 Å². The fraction of sp³-hybridized carbons (Fsp3) is 0.256. The molecule has 0 saturated heterocycles. The summed E-state index contributed by atoms with van der Waals surface area (Å²) in [7, 11) is -0.579. The van der Waals surface area contributed by atoms with Gasteiger partial charge in [0.05, 0.1) is 48.1 Å². The van der Waals surface area contributed by atoms with Crippen molar-refractivity contribution < 1.29 is 37.1 Å². The third-order valence-electron chi connectivity index (χ3n) is 8.10. The predicted molar refractivity (Wildman–Crippen MR) is 188 cm³/mol. The van der Waals surface area contributed by atoms with Crippen LogP contribution in [0.4, 0.5) is 8.63 Å². The van der Waals surface area contributed by atoms with Crippen LogP contribution >= 0.6 is 0 Å². The van der Waals surface area contributed by atoms with Crippen LogP contribution in [-0.2, 0) is 39.8 Å². The highest BCUT2D eigenvalue weighted by atomic mass is 19.2. The van der Waals surface area contributed by atoms with Crippen LogP contribution in [0.2, 0.25) is 0 Å². The second kappa shape index (κ2) is 17.0. The number of methoxy groups -OCH3 is 2. The molecule has 0 fully saturated rings. The zero-order valence-corrected chi connectivity index (χ0v) is 28.8. The summed E-state index contributed by atoms with van der Waals surface area (Å²) in [4.78, 5) is 43.7. The van der Waals surface area contributed by atoms with Crippen LogP contribution < -0.4 is 0 Å². The van der Waals surface area contributed by atoms with Gasteiger partial charge in [-0.15, -0.1) is 0 Å². The molecule has 11 heteroatoms. The number of ether oxygens (including phenoxy) is 2. The van der Waals surface area contributed by atoms with Crippen LogP contribution in [0, 0.1) is 23.7 Å². The number of halogens is 2. The number of H-pyrrole nitrogens is 2. The maximum absolute atomic E-state index is 13.9. The van der Waals surface area contributed by atoms with Gasteiger partial charge in [-0.25, -0.2) is 18.2 Å². The van der Waals surface area contributed by atoms with Gasteiger partial charge in [0.2, 0.25) is 5.78 Å². The summed E-state index contributed by atoms with van der Waals surface area (Å²) in [6, 6.07) is 13.2. The summed E-state index contributed by atoms with van der Waals surface area (Å²) < 4.78 is 42.2. The second-order valence-corrected chi connectivity index (χ2v) is 11.0. The molecule has 0 aliphatic carbocycles. The first-order valence-corrected chi connectivity index (χ1v) is 16.2. The van der Waals surface area contributed by atoms with Crippen LogP contribution in [0.5, 0.6) is 0 Å². The van der Waals surface area contributed by atoms with Crippen molar-refractivity contribution >= 4 is 31.0 Å². The first-order valence-electron chi connectivity index (χ1n) is 16.2. The number of ketones is 1. The second-order valence-electron chi connectivity index (χ2n) is 11.0. The number of rotatable bonds is 11. The molecule has 0 saturated carbocycles. The van der Waals surface area contributed by atoms with Crippen molar-refractivity contribution in [3.63, 3.8) is 0 Å². The largest absolute Gasteiger partial charge is 0.796 e. The molecule has 8 nitrogen and oxygen atoms in total. The van der Waals surface area contributed by atoms with Gasteiger partial charge in [0.1, 0.15) is 5.76 Å². The van der Waals surface area contributed by atoms with Crippen LogP contribution in [-0.4, -0.2) is 49.4 Å². The van der Waals surface area contributed by atoms with Crippen molar-refractivity contribution in [3.05, 3.63) is 122 Å². The van der Waals surface area contributed by atoms with Gasteiger partial charge in [0.25, 0.3) is 0 Å². The fourth-order valence-electron chi connectivity index (χ4n) is 5.69. The molecule has 2 aromatic heterocycles. The Morgan fingerprint density at radius 3 is 1.42 bits per heavy atom. The lowest BCUT2D eigenvalue weighted by atomic mass is 10.00. The minimum Gasteiger partial charge on any atom is -0.503 e. The van der Waals surface area contributed by atoms with Crippen molar-refractivity contribution in [2.24, 2.45) is 0 Å². The first kappa shape index (κ1) is 37.0. The molecule has 0 radical (unpaired) electrons. The molecule has 0 aliphatic rings. The minimum atomic E-state index is -3.19. The monoisotopic (exact) mass is 678 g/mol. The van der Waals surface area contributed by atoms with E-state index < -0.39 is 25.2 Å². The number of esters is 2. The Bertz CT molecular complexity index is 2040. The van der Waals surface area contributed by atoms with Crippen LogP contribution in [0.15, 0.2) is 54.6 Å². The number of aromatic amines is 2. The minimum absolute atomic E-state index is 0.237. The van der Waals surface area contributed by atoms with Crippen LogP contribution in [0.1, 0.15) is 109 Å². The average Bonchev–Trinajstić information content (AvgIpc) is 3.69. The Balaban J connectivity index is 1.74. The molecular weight excluding hydrogens is 641 g/mol. The maximum Gasteiger partial charge on any atom is 0.796 e. The summed E-state index contributed by atoms with van der Waals surface area (Å²) >= 11 is 0. The Morgan fingerprint density at radius 1 is 0.640 bits per heavy atom. The van der Waals surface area contributed by atoms with Crippen LogP contribution in [0.3, 0.4) is 0 Å². The lowest BCUT2D eigenvalue weighted by molar-refractivity contribution is 0.0592. The Kier molecular flexibility index (Phi) is 12.6. The van der Waals surface area contributed by atoms with E-state index in [2.05, 4.69) is 33.6 Å². The number of allylic oxidation sites excluding steroid dienone is 1. The molecule has 2 aromatic carbocycles. The summed E-state index contributed by atoms with van der Waals surface area (Å²) in [6.45, 7) is 7.67. The van der Waals surface area contributed by atoms with Gasteiger partial charge in [-0.1, -0.05) is 39.5 Å². The van der Waals surface area contributed by atoms with Crippen molar-refractivity contribution in [3.8, 4) is 23.7 Å². The fourth-order valence-corrected chi connectivity index (χ4v) is 5.69. The molecule has 50 heavy (non-hydrogen) atoms. The quantitative estimate of drug-likeness (QED) is 0.0437. The van der Waals surface area contributed by atoms with Gasteiger partial charge in [0, 0.05) is 17.2 Å². The van der Waals surface area contributed by atoms with Gasteiger partial charge in [-0.2, -0.15) is 0 Å². The van der Waals surface area contributed by atoms with Gasteiger partial charge < -0.3 is 24.1 Å². The lowest BCUT2D eigenvalue weighted by Gasteiger charge is -2.10. The topological polar surface area (TPSA) is 110 Å². The number of nitrogens with one attached hydrogen (secondary N) is 2. The van der Waals surface area contributed by atoms with Crippen LogP contribution in [0.25, 0.3) is 5.76 Å². The molecule has 256 valence electrons. The summed E-state index contributed by atoms with van der Waals surface area (Å²) in [5, 5.41) is 0. The predicted octanol–water partition coefficient (Wildman–Crippen LogP) is 7.13. The molecule has 0 spiro atoms. The number of carbonyl (C=O) groups excluding carboxylic acids is 3. The molecule has 0 bridgehead atoms. The van der Waals surface area contributed by atoms with E-state index >= 15 is 0 Å². The van der Waals surface area contributed by atoms with Gasteiger partial charge >= 0.3 is 19.4 Å². The average molecular weight is 679 g/mol. The third kappa shape index (κ3) is 8.42. The third-order valence-corrected chi connectivity index (χ3v) is 8.10. The highest BCUT2D eigenvalue weighted by Crippen LogP contribution is 2.29. The first-order chi connectivity index (χ1) is 24.1. The van der Waals surface area contributed by atoms with E-state index in [0.29, 0.717) is 64.9 Å². The highest BCUT2D eigenvalue weighted by Gasteiger charge is 2.27. The van der Waals surface area contributed by atoms with E-state index in [1.165, 1.54) is 14.2 Å². The lowest BCUT2D eigenvalue weighted by Crippen LogP contribution is -2.09. The summed E-state index contributed by atoms with van der Waals surface area (Å²) in [5.41, 5.74) is 6.69. The number of carbonyl (C=O) groups is 3. The summed E-state index contributed by atoms with van der Waals surface area (Å²) in [5.74, 6) is 10.5. The highest BCUT2D eigenvalue weighted by molar-refractivity contribution is 6.36. The molecule has 0 atom stereocenters. The Labute approximate surface area is 290 Å². The van der Waals surface area contributed by atoms with E-state index in [9.17, 15) is 23.0 Å². The van der Waals surface area contributed by atoms with Crippen molar-refractivity contribution in [2.75, 3.05) is 14.2 Å². The van der Waals surface area contributed by atoms with Crippen molar-refractivity contribution in [1.29, 1.82) is 0 Å². The van der Waals surface area contributed by atoms with Gasteiger partial charge in [-0.3, -0.25) is 4.79 Å². The molecule has 0 unspecified atom stereocenters. The molecule has 0 amide bonds. The molecule has 2 heterocycles. The maximum atomic E-state index is 13.9. The number of hydrogen-bond acceptors (Lipinski definition) is 6. The van der Waals surface area contributed by atoms with E-state index in [4.69, 9.17) is 14.1 Å². The smallest absolute Gasteiger partial charge is 0.503 e. The summed E-state index contributed by atoms with van der Waals surface area (Å²) in [6.07, 6.45) is 3.16. The van der Waals surface area contributed by atoms with E-state index in [1.807, 2.05) is 27.7 Å². The van der Waals surface area contributed by atoms with E-state index in [-0.39, 0.29) is 17.1 Å². The van der Waals surface area contributed by atoms with E-state index in [0.717, 1.165) is 22.8 Å². The normalized spacial score (nSPS) is 10.8. The SMILES string of the molecule is CCc1c(C#Cc2ccc(C(=O)OC)cc2)[nH]c(C(=O)/C=C(\OB(F)F)c2[nH]c(C#Cc3ccc(C(=O)OC)cc3)c(CC)c2CC)c1CC. The van der Waals surface area contributed by atoms with E-state index in [1.54, 1.807) is 48.5 Å². The zero-order valence-electron chi connectivity index (χ0n) is 28.8. The zero-order chi connectivity index (χ0) is 36.4. The number of benzene rings is 2. The Morgan fingerprint density at radius 2 is 1.04 bits per heavy atom.